The van der Waals surface area contributed by atoms with Gasteiger partial charge < -0.3 is 20.7 Å². The number of fused-ring (bicyclic) bond motifs is 1. The van der Waals surface area contributed by atoms with Gasteiger partial charge in [-0.3, -0.25) is 4.57 Å². The molecule has 0 radical (unpaired) electrons. The average molecular weight is 516 g/mol. The minimum absolute atomic E-state index is 0.134. The van der Waals surface area contributed by atoms with Crippen molar-refractivity contribution in [2.45, 2.75) is 58.5 Å². The molecule has 2 aromatic heterocycles. The van der Waals surface area contributed by atoms with Crippen molar-refractivity contribution in [1.82, 2.24) is 19.4 Å². The number of likely N-dealkylation sites (tertiary alicyclic amines) is 1. The maximum absolute atomic E-state index is 6.28. The number of nitrogens with one attached hydrogen (secondary N) is 1. The van der Waals surface area contributed by atoms with E-state index in [9.17, 15) is 0 Å². The van der Waals surface area contributed by atoms with Crippen molar-refractivity contribution in [3.05, 3.63) is 52.8 Å². The van der Waals surface area contributed by atoms with Crippen LogP contribution in [0.25, 0.3) is 11.0 Å². The van der Waals surface area contributed by atoms with E-state index in [0.717, 1.165) is 59.8 Å². The molecule has 3 N–H and O–H groups in total. The Balaban J connectivity index is 1.42. The van der Waals surface area contributed by atoms with Crippen LogP contribution in [0.1, 0.15) is 45.4 Å². The molecular formula is C25H35BrN6O. The summed E-state index contributed by atoms with van der Waals surface area (Å²) in [5.74, 6) is 1.37. The highest BCUT2D eigenvalue weighted by Crippen LogP contribution is 2.25. The number of hydrogen-bond acceptors (Lipinski definition) is 6. The first-order chi connectivity index (χ1) is 15.9. The van der Waals surface area contributed by atoms with E-state index in [1.165, 1.54) is 0 Å². The van der Waals surface area contributed by atoms with Gasteiger partial charge in [-0.25, -0.2) is 9.97 Å². The fraction of sp³-hybridized carbons (Fsp3) is 0.520. The Hall–Kier alpha value is -2.00. The van der Waals surface area contributed by atoms with E-state index in [1.54, 1.807) is 0 Å². The maximum atomic E-state index is 6.28. The summed E-state index contributed by atoms with van der Waals surface area (Å²) in [4.78, 5) is 11.9. The van der Waals surface area contributed by atoms with E-state index >= 15 is 0 Å². The molecule has 3 heterocycles. The Morgan fingerprint density at radius 2 is 1.85 bits per heavy atom. The van der Waals surface area contributed by atoms with E-state index < -0.39 is 0 Å². The molecule has 4 rings (SSSR count). The van der Waals surface area contributed by atoms with Gasteiger partial charge in [-0.05, 0) is 65.9 Å². The minimum atomic E-state index is -0.134. The highest BCUT2D eigenvalue weighted by atomic mass is 79.9. The number of imidazole rings is 1. The number of ether oxygens (including phenoxy) is 1. The zero-order valence-electron chi connectivity index (χ0n) is 19.7. The van der Waals surface area contributed by atoms with Crippen molar-refractivity contribution in [3.8, 4) is 0 Å². The van der Waals surface area contributed by atoms with Crippen LogP contribution in [0.3, 0.4) is 0 Å². The highest BCUT2D eigenvalue weighted by Gasteiger charge is 2.23. The molecule has 3 aromatic rings. The highest BCUT2D eigenvalue weighted by molar-refractivity contribution is 9.10. The third-order valence-corrected chi connectivity index (χ3v) is 6.95. The lowest BCUT2D eigenvalue weighted by Gasteiger charge is -2.34. The Labute approximate surface area is 204 Å². The van der Waals surface area contributed by atoms with Gasteiger partial charge in [0.25, 0.3) is 0 Å². The molecule has 7 nitrogen and oxygen atoms in total. The zero-order chi connectivity index (χ0) is 23.4. The molecule has 1 aromatic carbocycles. The summed E-state index contributed by atoms with van der Waals surface area (Å²) in [6.07, 6.45) is 2.02. The van der Waals surface area contributed by atoms with Crippen molar-refractivity contribution >= 4 is 32.9 Å². The zero-order valence-corrected chi connectivity index (χ0v) is 21.3. The maximum Gasteiger partial charge on any atom is 0.206 e. The Morgan fingerprint density at radius 1 is 1.09 bits per heavy atom. The molecule has 2 unspecified atom stereocenters. The molecule has 2 atom stereocenters. The molecule has 1 fully saturated rings. The lowest BCUT2D eigenvalue weighted by molar-refractivity contribution is 0.0171. The largest absolute Gasteiger partial charge is 0.353 e. The van der Waals surface area contributed by atoms with Crippen molar-refractivity contribution in [1.29, 1.82) is 0 Å². The van der Waals surface area contributed by atoms with Crippen LogP contribution in [0.5, 0.6) is 0 Å². The summed E-state index contributed by atoms with van der Waals surface area (Å²) in [7, 11) is 0. The molecule has 0 saturated carbocycles. The van der Waals surface area contributed by atoms with Crippen molar-refractivity contribution in [3.63, 3.8) is 0 Å². The van der Waals surface area contributed by atoms with E-state index in [0.29, 0.717) is 18.7 Å². The summed E-state index contributed by atoms with van der Waals surface area (Å²) >= 11 is 3.44. The van der Waals surface area contributed by atoms with Crippen LogP contribution in [0.4, 0.5) is 5.95 Å². The summed E-state index contributed by atoms with van der Waals surface area (Å²) < 4.78 is 9.17. The lowest BCUT2D eigenvalue weighted by atomic mass is 10.0. The van der Waals surface area contributed by atoms with Crippen LogP contribution in [-0.2, 0) is 11.5 Å². The van der Waals surface area contributed by atoms with Crippen molar-refractivity contribution in [2.75, 3.05) is 25.0 Å². The molecule has 33 heavy (non-hydrogen) atoms. The number of piperidine rings is 1. The number of benzene rings is 1. The van der Waals surface area contributed by atoms with Gasteiger partial charge >= 0.3 is 0 Å². The second-order valence-electron chi connectivity index (χ2n) is 9.30. The monoisotopic (exact) mass is 514 g/mol. The summed E-state index contributed by atoms with van der Waals surface area (Å²) in [6, 6.07) is 14.7. The quantitative estimate of drug-likeness (QED) is 0.399. The third-order valence-electron chi connectivity index (χ3n) is 6.51. The summed E-state index contributed by atoms with van der Waals surface area (Å²) in [6.45, 7) is 9.90. The first kappa shape index (κ1) is 24.1. The molecule has 0 aliphatic carbocycles. The van der Waals surface area contributed by atoms with Gasteiger partial charge in [0, 0.05) is 31.7 Å². The van der Waals surface area contributed by atoms with Crippen molar-refractivity contribution in [2.24, 2.45) is 11.7 Å². The second kappa shape index (κ2) is 11.0. The molecule has 0 spiro atoms. The van der Waals surface area contributed by atoms with Crippen LogP contribution >= 0.6 is 15.9 Å². The van der Waals surface area contributed by atoms with Gasteiger partial charge in [0.15, 0.2) is 0 Å². The van der Waals surface area contributed by atoms with Gasteiger partial charge in [0.2, 0.25) is 5.95 Å². The van der Waals surface area contributed by atoms with Crippen LogP contribution in [0.2, 0.25) is 0 Å². The van der Waals surface area contributed by atoms with Crippen LogP contribution in [0, 0.1) is 5.92 Å². The van der Waals surface area contributed by atoms with Gasteiger partial charge in [0.05, 0.1) is 22.8 Å². The fourth-order valence-electron chi connectivity index (χ4n) is 4.19. The molecule has 1 saturated heterocycles. The Bertz CT molecular complexity index is 1050. The SMILES string of the molecule is CC(OCn1c(NC2CCN(CC(N)C(C)C)CC2)nc2ccccc21)c1cccc(Br)n1. The Morgan fingerprint density at radius 3 is 2.58 bits per heavy atom. The second-order valence-corrected chi connectivity index (χ2v) is 10.1. The van der Waals surface area contributed by atoms with Gasteiger partial charge in [-0.1, -0.05) is 32.0 Å². The molecule has 1 aliphatic rings. The van der Waals surface area contributed by atoms with Gasteiger partial charge in [-0.2, -0.15) is 0 Å². The third kappa shape index (κ3) is 6.12. The minimum Gasteiger partial charge on any atom is -0.353 e. The summed E-state index contributed by atoms with van der Waals surface area (Å²) in [5.41, 5.74) is 9.22. The number of aromatic nitrogens is 3. The number of rotatable bonds is 9. The van der Waals surface area contributed by atoms with E-state index in [-0.39, 0.29) is 12.1 Å². The van der Waals surface area contributed by atoms with E-state index in [1.807, 2.05) is 43.3 Å². The first-order valence-electron chi connectivity index (χ1n) is 11.8. The standard InChI is InChI=1S/C25H35BrN6O/c1-17(2)20(27)15-31-13-11-19(12-14-31)28-25-30-22-7-4-5-9-23(22)32(25)16-33-18(3)21-8-6-10-24(26)29-21/h4-10,17-20H,11-16,27H2,1-3H3,(H,28,30). The Kier molecular flexibility index (Phi) is 8.01. The van der Waals surface area contributed by atoms with Crippen LogP contribution < -0.4 is 11.1 Å². The first-order valence-corrected chi connectivity index (χ1v) is 12.6. The molecule has 1 aliphatic heterocycles. The van der Waals surface area contributed by atoms with Gasteiger partial charge in [0.1, 0.15) is 11.3 Å². The molecule has 178 valence electrons. The van der Waals surface area contributed by atoms with Crippen LogP contribution in [-0.4, -0.2) is 51.2 Å². The molecule has 0 amide bonds. The number of nitrogens with two attached hydrogens (primary N) is 1. The van der Waals surface area contributed by atoms with Crippen molar-refractivity contribution < 1.29 is 4.74 Å². The van der Waals surface area contributed by atoms with Crippen LogP contribution in [0.15, 0.2) is 47.1 Å². The lowest BCUT2D eigenvalue weighted by Crippen LogP contribution is -2.46. The predicted molar refractivity (Wildman–Crippen MR) is 137 cm³/mol. The molecule has 8 heteroatoms. The number of hydrogen-bond donors (Lipinski definition) is 2. The van der Waals surface area contributed by atoms with E-state index in [2.05, 4.69) is 55.6 Å². The smallest absolute Gasteiger partial charge is 0.206 e. The number of pyridine rings is 1. The average Bonchev–Trinajstić information content (AvgIpc) is 3.15. The fourth-order valence-corrected chi connectivity index (χ4v) is 4.55. The molecule has 0 bridgehead atoms. The predicted octanol–water partition coefficient (Wildman–Crippen LogP) is 4.79. The number of nitrogens with zero attached hydrogens (tertiary/aromatic N) is 4. The normalized spacial score (nSPS) is 17.5. The molecular weight excluding hydrogens is 480 g/mol. The van der Waals surface area contributed by atoms with E-state index in [4.69, 9.17) is 15.5 Å². The van der Waals surface area contributed by atoms with Gasteiger partial charge in [-0.15, -0.1) is 0 Å². The number of halogens is 1. The number of para-hydroxylation sites is 2. The number of anilines is 1. The topological polar surface area (TPSA) is 81.2 Å². The summed E-state index contributed by atoms with van der Waals surface area (Å²) in [5, 5.41) is 3.70.